The maximum absolute atomic E-state index is 12.6. The molecule has 0 aromatic carbocycles. The molecular weight excluding hydrogens is 326 g/mol. The molecule has 1 fully saturated rings. The third kappa shape index (κ3) is 3.87. The highest BCUT2D eigenvalue weighted by molar-refractivity contribution is 6.02. The lowest BCUT2D eigenvalue weighted by Crippen LogP contribution is -2.55. The monoisotopic (exact) mass is 349 g/mol. The number of ketones is 1. The number of Topliss-reactive ketones (excluding diaryl/α,β-unsaturated/α-hetero) is 1. The van der Waals surface area contributed by atoms with Crippen LogP contribution in [0, 0.1) is 11.8 Å². The molecule has 1 aliphatic carbocycles. The number of rotatable bonds is 5. The van der Waals surface area contributed by atoms with Gasteiger partial charge in [-0.3, -0.25) is 19.4 Å². The Balaban J connectivity index is 2.57. The lowest BCUT2D eigenvalue weighted by molar-refractivity contribution is -0.172. The number of aromatic nitrogens is 1. The first kappa shape index (κ1) is 19.1. The maximum atomic E-state index is 12.6. The van der Waals surface area contributed by atoms with Crippen molar-refractivity contribution in [2.75, 3.05) is 13.2 Å². The van der Waals surface area contributed by atoms with Crippen molar-refractivity contribution in [3.63, 3.8) is 0 Å². The van der Waals surface area contributed by atoms with Crippen LogP contribution < -0.4 is 0 Å². The van der Waals surface area contributed by atoms with Crippen molar-refractivity contribution in [2.24, 2.45) is 11.8 Å². The van der Waals surface area contributed by atoms with Crippen molar-refractivity contribution in [1.29, 1.82) is 0 Å². The first-order valence-electron chi connectivity index (χ1n) is 8.31. The van der Waals surface area contributed by atoms with E-state index in [4.69, 9.17) is 9.47 Å². The van der Waals surface area contributed by atoms with E-state index in [1.54, 1.807) is 26.0 Å². The lowest BCUT2D eigenvalue weighted by Gasteiger charge is -2.43. The van der Waals surface area contributed by atoms with Gasteiger partial charge in [0.25, 0.3) is 0 Å². The summed E-state index contributed by atoms with van der Waals surface area (Å²) in [5.41, 5.74) is -1.07. The van der Waals surface area contributed by atoms with Gasteiger partial charge in [0.05, 0.1) is 24.7 Å². The van der Waals surface area contributed by atoms with Gasteiger partial charge in [0.1, 0.15) is 5.92 Å². The van der Waals surface area contributed by atoms with E-state index in [-0.39, 0.29) is 19.6 Å². The Labute approximate surface area is 146 Å². The molecule has 1 heterocycles. The minimum atomic E-state index is -1.62. The molecule has 0 spiro atoms. The molecule has 0 saturated heterocycles. The highest BCUT2D eigenvalue weighted by Crippen LogP contribution is 2.46. The average Bonchev–Trinajstić information content (AvgIpc) is 2.54. The standard InChI is InChI=1S/C18H23NO6/c1-4-24-16(21)14-12(20)10-18(3,23)15(17(22)25-5-2)13(14)11-6-8-19-9-7-11/h6-9,13-15,23H,4-5,10H2,1-3H3/t13-,14+,15-,18+/m1/s1. The van der Waals surface area contributed by atoms with Crippen molar-refractivity contribution < 1.29 is 29.0 Å². The van der Waals surface area contributed by atoms with Crippen LogP contribution in [0.4, 0.5) is 0 Å². The Morgan fingerprint density at radius 1 is 1.20 bits per heavy atom. The number of pyridine rings is 1. The summed E-state index contributed by atoms with van der Waals surface area (Å²) in [5.74, 6) is -4.91. The fourth-order valence-corrected chi connectivity index (χ4v) is 3.47. The molecule has 2 rings (SSSR count). The molecule has 0 bridgehead atoms. The fraction of sp³-hybridized carbons (Fsp3) is 0.556. The van der Waals surface area contributed by atoms with Gasteiger partial charge in [-0.05, 0) is 38.5 Å². The highest BCUT2D eigenvalue weighted by atomic mass is 16.5. The second-order valence-corrected chi connectivity index (χ2v) is 6.27. The van der Waals surface area contributed by atoms with Gasteiger partial charge in [0.2, 0.25) is 0 Å². The quantitative estimate of drug-likeness (QED) is 0.630. The van der Waals surface area contributed by atoms with E-state index < -0.39 is 41.1 Å². The Bertz CT molecular complexity index is 642. The SMILES string of the molecule is CCOC(=O)[C@H]1C(=O)C[C@](C)(O)[C@@H](C(=O)OCC)[C@@H]1c1ccncc1. The van der Waals surface area contributed by atoms with Crippen LogP contribution in [-0.4, -0.2) is 46.6 Å². The van der Waals surface area contributed by atoms with Gasteiger partial charge in [0.15, 0.2) is 5.78 Å². The minimum Gasteiger partial charge on any atom is -0.466 e. The van der Waals surface area contributed by atoms with E-state index in [0.29, 0.717) is 5.56 Å². The Kier molecular flexibility index (Phi) is 5.89. The molecule has 4 atom stereocenters. The summed E-state index contributed by atoms with van der Waals surface area (Å²) in [4.78, 5) is 41.5. The van der Waals surface area contributed by atoms with Crippen LogP contribution in [0.5, 0.6) is 0 Å². The van der Waals surface area contributed by atoms with Crippen LogP contribution in [0.15, 0.2) is 24.5 Å². The molecule has 1 N–H and O–H groups in total. The van der Waals surface area contributed by atoms with Crippen LogP contribution in [0.25, 0.3) is 0 Å². The summed E-state index contributed by atoms with van der Waals surface area (Å²) in [5, 5.41) is 10.8. The molecule has 0 aliphatic heterocycles. The third-order valence-electron chi connectivity index (χ3n) is 4.44. The molecule has 0 radical (unpaired) electrons. The molecule has 25 heavy (non-hydrogen) atoms. The van der Waals surface area contributed by atoms with E-state index in [0.717, 1.165) is 0 Å². The Morgan fingerprint density at radius 2 is 1.76 bits per heavy atom. The lowest BCUT2D eigenvalue weighted by atomic mass is 9.62. The summed E-state index contributed by atoms with van der Waals surface area (Å²) in [7, 11) is 0. The molecule has 0 unspecified atom stereocenters. The van der Waals surface area contributed by atoms with Gasteiger partial charge >= 0.3 is 11.9 Å². The van der Waals surface area contributed by atoms with Crippen LogP contribution in [-0.2, 0) is 23.9 Å². The molecule has 7 heteroatoms. The van der Waals surface area contributed by atoms with E-state index >= 15 is 0 Å². The van der Waals surface area contributed by atoms with Gasteiger partial charge in [-0.2, -0.15) is 0 Å². The molecule has 1 aromatic rings. The number of nitrogens with zero attached hydrogens (tertiary/aromatic N) is 1. The molecule has 0 amide bonds. The van der Waals surface area contributed by atoms with Gasteiger partial charge < -0.3 is 14.6 Å². The summed E-state index contributed by atoms with van der Waals surface area (Å²) < 4.78 is 10.2. The smallest absolute Gasteiger partial charge is 0.317 e. The maximum Gasteiger partial charge on any atom is 0.317 e. The van der Waals surface area contributed by atoms with Crippen molar-refractivity contribution in [2.45, 2.75) is 38.7 Å². The molecule has 1 aliphatic rings. The minimum absolute atomic E-state index is 0.117. The summed E-state index contributed by atoms with van der Waals surface area (Å²) in [6.07, 6.45) is 2.70. The van der Waals surface area contributed by atoms with Crippen molar-refractivity contribution >= 4 is 17.7 Å². The number of ether oxygens (including phenoxy) is 2. The fourth-order valence-electron chi connectivity index (χ4n) is 3.47. The Morgan fingerprint density at radius 3 is 2.32 bits per heavy atom. The summed E-state index contributed by atoms with van der Waals surface area (Å²) >= 11 is 0. The number of hydrogen-bond acceptors (Lipinski definition) is 7. The Hall–Kier alpha value is -2.28. The number of esters is 2. The predicted molar refractivity (Wildman–Crippen MR) is 87.5 cm³/mol. The van der Waals surface area contributed by atoms with Crippen LogP contribution in [0.2, 0.25) is 0 Å². The second kappa shape index (κ2) is 7.74. The number of aliphatic hydroxyl groups is 1. The zero-order valence-electron chi connectivity index (χ0n) is 14.6. The first-order valence-corrected chi connectivity index (χ1v) is 8.31. The molecule has 7 nitrogen and oxygen atoms in total. The highest BCUT2D eigenvalue weighted by Gasteiger charge is 2.57. The largest absolute Gasteiger partial charge is 0.466 e. The van der Waals surface area contributed by atoms with E-state index in [2.05, 4.69) is 4.98 Å². The summed E-state index contributed by atoms with van der Waals surface area (Å²) in [6, 6.07) is 3.25. The predicted octanol–water partition coefficient (Wildman–Crippen LogP) is 1.25. The summed E-state index contributed by atoms with van der Waals surface area (Å²) in [6.45, 7) is 4.97. The topological polar surface area (TPSA) is 103 Å². The van der Waals surface area contributed by atoms with Gasteiger partial charge in [0, 0.05) is 24.7 Å². The number of carbonyl (C=O) groups is 3. The van der Waals surface area contributed by atoms with Crippen LogP contribution in [0.1, 0.15) is 38.7 Å². The zero-order valence-corrected chi connectivity index (χ0v) is 14.6. The van der Waals surface area contributed by atoms with Crippen molar-refractivity contribution in [3.8, 4) is 0 Å². The molecule has 136 valence electrons. The van der Waals surface area contributed by atoms with Gasteiger partial charge in [-0.15, -0.1) is 0 Å². The normalized spacial score (nSPS) is 29.1. The molecular formula is C18H23NO6. The number of carbonyl (C=O) groups excluding carboxylic acids is 3. The van der Waals surface area contributed by atoms with Crippen molar-refractivity contribution in [3.05, 3.63) is 30.1 Å². The van der Waals surface area contributed by atoms with Crippen molar-refractivity contribution in [1.82, 2.24) is 4.98 Å². The molecule has 1 aromatic heterocycles. The van der Waals surface area contributed by atoms with Gasteiger partial charge in [-0.1, -0.05) is 0 Å². The molecule has 1 saturated carbocycles. The van der Waals surface area contributed by atoms with Crippen LogP contribution in [0.3, 0.4) is 0 Å². The zero-order chi connectivity index (χ0) is 18.6. The van der Waals surface area contributed by atoms with E-state index in [1.165, 1.54) is 19.3 Å². The third-order valence-corrected chi connectivity index (χ3v) is 4.44. The average molecular weight is 349 g/mol. The van der Waals surface area contributed by atoms with E-state index in [9.17, 15) is 19.5 Å². The number of hydrogen-bond donors (Lipinski definition) is 1. The van der Waals surface area contributed by atoms with Crippen LogP contribution >= 0.6 is 0 Å². The van der Waals surface area contributed by atoms with Gasteiger partial charge in [-0.25, -0.2) is 0 Å². The second-order valence-electron chi connectivity index (χ2n) is 6.27. The first-order chi connectivity index (χ1) is 11.8. The van der Waals surface area contributed by atoms with E-state index in [1.807, 2.05) is 0 Å².